The fourth-order valence-corrected chi connectivity index (χ4v) is 4.37. The number of ether oxygens (including phenoxy) is 1. The molecule has 7 nitrogen and oxygen atoms in total. The first-order chi connectivity index (χ1) is 15.8. The SMILES string of the molecule is O=C(c1cccc(Oc2ncccn2)c1)N1CCC[C@H](Cc2cccn3ccnc23)CC1. The maximum atomic E-state index is 13.2. The average molecular weight is 428 g/mol. The van der Waals surface area contributed by atoms with E-state index in [-0.39, 0.29) is 11.9 Å². The van der Waals surface area contributed by atoms with Crippen molar-refractivity contribution in [2.24, 2.45) is 5.92 Å². The third-order valence-corrected chi connectivity index (χ3v) is 5.98. The van der Waals surface area contributed by atoms with Gasteiger partial charge in [0.05, 0.1) is 0 Å². The minimum Gasteiger partial charge on any atom is -0.424 e. The Hall–Kier alpha value is -3.74. The Labute approximate surface area is 186 Å². The third-order valence-electron chi connectivity index (χ3n) is 5.98. The van der Waals surface area contributed by atoms with Gasteiger partial charge in [-0.3, -0.25) is 4.79 Å². The zero-order valence-corrected chi connectivity index (χ0v) is 17.8. The second-order valence-electron chi connectivity index (χ2n) is 8.15. The van der Waals surface area contributed by atoms with Crippen molar-refractivity contribution < 1.29 is 9.53 Å². The lowest BCUT2D eigenvalue weighted by Crippen LogP contribution is -2.32. The number of likely N-dealkylation sites (tertiary alicyclic amines) is 1. The van der Waals surface area contributed by atoms with Crippen molar-refractivity contribution in [3.05, 3.63) is 84.6 Å². The molecule has 1 saturated heterocycles. The fourth-order valence-electron chi connectivity index (χ4n) is 4.37. The number of amides is 1. The van der Waals surface area contributed by atoms with Crippen molar-refractivity contribution in [3.63, 3.8) is 0 Å². The first-order valence-electron chi connectivity index (χ1n) is 11.0. The van der Waals surface area contributed by atoms with Crippen LogP contribution in [0.4, 0.5) is 0 Å². The number of aromatic nitrogens is 4. The molecule has 3 aromatic heterocycles. The molecule has 1 aliphatic heterocycles. The highest BCUT2D eigenvalue weighted by molar-refractivity contribution is 5.94. The van der Waals surface area contributed by atoms with E-state index in [0.29, 0.717) is 17.2 Å². The van der Waals surface area contributed by atoms with E-state index in [4.69, 9.17) is 4.74 Å². The molecule has 0 N–H and O–H groups in total. The molecule has 162 valence electrons. The van der Waals surface area contributed by atoms with Crippen molar-refractivity contribution in [2.75, 3.05) is 13.1 Å². The van der Waals surface area contributed by atoms with Gasteiger partial charge < -0.3 is 14.0 Å². The number of carbonyl (C=O) groups excluding carboxylic acids is 1. The summed E-state index contributed by atoms with van der Waals surface area (Å²) in [6.45, 7) is 1.53. The van der Waals surface area contributed by atoms with Crippen LogP contribution in [0.15, 0.2) is 73.4 Å². The van der Waals surface area contributed by atoms with Gasteiger partial charge in [0.15, 0.2) is 0 Å². The Morgan fingerprint density at radius 3 is 2.78 bits per heavy atom. The van der Waals surface area contributed by atoms with Gasteiger partial charge in [0, 0.05) is 49.6 Å². The van der Waals surface area contributed by atoms with E-state index in [0.717, 1.165) is 44.4 Å². The Bertz CT molecular complexity index is 1210. The van der Waals surface area contributed by atoms with E-state index in [1.54, 1.807) is 24.5 Å². The Balaban J connectivity index is 1.24. The van der Waals surface area contributed by atoms with E-state index < -0.39 is 0 Å². The van der Waals surface area contributed by atoms with Crippen LogP contribution < -0.4 is 4.74 Å². The molecule has 1 amide bonds. The highest BCUT2D eigenvalue weighted by Crippen LogP contribution is 2.25. The van der Waals surface area contributed by atoms with Crippen molar-refractivity contribution in [2.45, 2.75) is 25.7 Å². The molecule has 7 heteroatoms. The Morgan fingerprint density at radius 1 is 0.969 bits per heavy atom. The highest BCUT2D eigenvalue weighted by Gasteiger charge is 2.23. The van der Waals surface area contributed by atoms with E-state index in [9.17, 15) is 4.79 Å². The number of carbonyl (C=O) groups is 1. The highest BCUT2D eigenvalue weighted by atomic mass is 16.5. The van der Waals surface area contributed by atoms with E-state index in [1.807, 2.05) is 41.7 Å². The summed E-state index contributed by atoms with van der Waals surface area (Å²) < 4.78 is 7.76. The van der Waals surface area contributed by atoms with Gasteiger partial charge in [0.1, 0.15) is 11.4 Å². The number of hydrogen-bond acceptors (Lipinski definition) is 5. The molecule has 4 aromatic rings. The van der Waals surface area contributed by atoms with E-state index in [2.05, 4.69) is 31.5 Å². The van der Waals surface area contributed by atoms with Crippen LogP contribution in [0.1, 0.15) is 35.2 Å². The minimum atomic E-state index is 0.0421. The lowest BCUT2D eigenvalue weighted by molar-refractivity contribution is 0.0759. The van der Waals surface area contributed by atoms with Crippen LogP contribution in [0.5, 0.6) is 11.8 Å². The second kappa shape index (κ2) is 9.18. The fraction of sp³-hybridized carbons (Fsp3) is 0.280. The van der Waals surface area contributed by atoms with Gasteiger partial charge in [-0.05, 0) is 67.5 Å². The second-order valence-corrected chi connectivity index (χ2v) is 8.15. The van der Waals surface area contributed by atoms with E-state index >= 15 is 0 Å². The first-order valence-corrected chi connectivity index (χ1v) is 11.0. The molecule has 4 heterocycles. The number of hydrogen-bond donors (Lipinski definition) is 0. The van der Waals surface area contributed by atoms with Gasteiger partial charge in [0.2, 0.25) is 0 Å². The lowest BCUT2D eigenvalue weighted by atomic mass is 9.93. The molecule has 0 saturated carbocycles. The summed E-state index contributed by atoms with van der Waals surface area (Å²) in [6, 6.07) is 13.5. The molecule has 32 heavy (non-hydrogen) atoms. The molecule has 1 aromatic carbocycles. The molecular formula is C25H25N5O2. The molecule has 0 unspecified atom stereocenters. The molecule has 0 bridgehead atoms. The summed E-state index contributed by atoms with van der Waals surface area (Å²) in [5, 5.41) is 0. The monoisotopic (exact) mass is 427 g/mol. The molecule has 1 aliphatic rings. The van der Waals surface area contributed by atoms with Crippen LogP contribution in [0.25, 0.3) is 5.65 Å². The summed E-state index contributed by atoms with van der Waals surface area (Å²) in [5.74, 6) is 1.14. The summed E-state index contributed by atoms with van der Waals surface area (Å²) in [6.07, 6.45) is 13.2. The number of rotatable bonds is 5. The summed E-state index contributed by atoms with van der Waals surface area (Å²) in [4.78, 5) is 27.8. The predicted octanol–water partition coefficient (Wildman–Crippen LogP) is 4.40. The quantitative estimate of drug-likeness (QED) is 0.472. The van der Waals surface area contributed by atoms with Crippen molar-refractivity contribution in [3.8, 4) is 11.8 Å². The zero-order chi connectivity index (χ0) is 21.8. The predicted molar refractivity (Wildman–Crippen MR) is 121 cm³/mol. The maximum absolute atomic E-state index is 13.2. The number of nitrogens with zero attached hydrogens (tertiary/aromatic N) is 5. The number of imidazole rings is 1. The average Bonchev–Trinajstić information content (AvgIpc) is 3.20. The van der Waals surface area contributed by atoms with Gasteiger partial charge in [0.25, 0.3) is 5.91 Å². The molecule has 5 rings (SSSR count). The van der Waals surface area contributed by atoms with Crippen molar-refractivity contribution in [1.29, 1.82) is 0 Å². The van der Waals surface area contributed by atoms with Crippen LogP contribution >= 0.6 is 0 Å². The topological polar surface area (TPSA) is 72.6 Å². The Morgan fingerprint density at radius 2 is 1.88 bits per heavy atom. The number of pyridine rings is 1. The molecule has 0 spiro atoms. The summed E-state index contributed by atoms with van der Waals surface area (Å²) >= 11 is 0. The van der Waals surface area contributed by atoms with Crippen LogP contribution in [0.2, 0.25) is 0 Å². The van der Waals surface area contributed by atoms with Gasteiger partial charge in [-0.2, -0.15) is 0 Å². The number of benzene rings is 1. The third kappa shape index (κ3) is 4.46. The van der Waals surface area contributed by atoms with Crippen molar-refractivity contribution >= 4 is 11.6 Å². The maximum Gasteiger partial charge on any atom is 0.321 e. The van der Waals surface area contributed by atoms with E-state index in [1.165, 1.54) is 5.56 Å². The van der Waals surface area contributed by atoms with Crippen LogP contribution in [0, 0.1) is 5.92 Å². The zero-order valence-electron chi connectivity index (χ0n) is 17.8. The van der Waals surface area contributed by atoms with Gasteiger partial charge in [-0.25, -0.2) is 15.0 Å². The molecule has 1 atom stereocenters. The standard InChI is InChI=1S/C25H25N5O2/c31-24(21-6-1-8-22(18-21)32-25-27-10-4-11-28-25)30-14-2-5-19(9-15-30)17-20-7-3-13-29-16-12-26-23(20)29/h1,3-4,6-8,10-13,16,18-19H,2,5,9,14-15,17H2/t19-/m0/s1. The smallest absolute Gasteiger partial charge is 0.321 e. The normalized spacial score (nSPS) is 16.6. The number of fused-ring (bicyclic) bond motifs is 1. The first kappa shape index (κ1) is 20.2. The van der Waals surface area contributed by atoms with Gasteiger partial charge in [-0.1, -0.05) is 12.1 Å². The molecule has 0 aliphatic carbocycles. The largest absolute Gasteiger partial charge is 0.424 e. The molecule has 1 fully saturated rings. The molecular weight excluding hydrogens is 402 g/mol. The van der Waals surface area contributed by atoms with Crippen LogP contribution in [-0.4, -0.2) is 43.2 Å². The minimum absolute atomic E-state index is 0.0421. The Kier molecular flexibility index (Phi) is 5.79. The summed E-state index contributed by atoms with van der Waals surface area (Å²) in [5.41, 5.74) is 2.93. The molecule has 0 radical (unpaired) electrons. The van der Waals surface area contributed by atoms with Gasteiger partial charge >= 0.3 is 6.01 Å². The lowest BCUT2D eigenvalue weighted by Gasteiger charge is -2.21. The van der Waals surface area contributed by atoms with Crippen LogP contribution in [0.3, 0.4) is 0 Å². The van der Waals surface area contributed by atoms with Crippen LogP contribution in [-0.2, 0) is 6.42 Å². The van der Waals surface area contributed by atoms with Gasteiger partial charge in [-0.15, -0.1) is 0 Å². The summed E-state index contributed by atoms with van der Waals surface area (Å²) in [7, 11) is 0. The van der Waals surface area contributed by atoms with Crippen molar-refractivity contribution in [1.82, 2.24) is 24.3 Å².